The van der Waals surface area contributed by atoms with Crippen molar-refractivity contribution >= 4 is 18.0 Å². The molecular weight excluding hydrogens is 518 g/mol. The van der Waals surface area contributed by atoms with Crippen molar-refractivity contribution in [3.8, 4) is 11.1 Å². The maximum absolute atomic E-state index is 14.0. The summed E-state index contributed by atoms with van der Waals surface area (Å²) in [6, 6.07) is 26.5. The molecule has 2 amide bonds. The van der Waals surface area contributed by atoms with Gasteiger partial charge in [-0.05, 0) is 46.1 Å². The number of fused-ring (bicyclic) bond motifs is 4. The van der Waals surface area contributed by atoms with Crippen molar-refractivity contribution in [2.45, 2.75) is 24.4 Å². The molecule has 2 unspecified atom stereocenters. The highest BCUT2D eigenvalue weighted by atomic mass is 16.5. The number of carboxylic acids is 1. The third-order valence-corrected chi connectivity index (χ3v) is 9.46. The highest BCUT2D eigenvalue weighted by Gasteiger charge is 2.62. The van der Waals surface area contributed by atoms with E-state index in [-0.39, 0.29) is 36.2 Å². The highest BCUT2D eigenvalue weighted by Crippen LogP contribution is 2.52. The van der Waals surface area contributed by atoms with E-state index in [0.717, 1.165) is 27.8 Å². The lowest BCUT2D eigenvalue weighted by Crippen LogP contribution is -2.61. The van der Waals surface area contributed by atoms with Gasteiger partial charge in [0, 0.05) is 38.6 Å². The molecule has 41 heavy (non-hydrogen) atoms. The van der Waals surface area contributed by atoms with Gasteiger partial charge in [0.05, 0.1) is 5.92 Å². The second-order valence-corrected chi connectivity index (χ2v) is 11.9. The second-order valence-electron chi connectivity index (χ2n) is 11.9. The van der Waals surface area contributed by atoms with Crippen LogP contribution in [0.5, 0.6) is 0 Å². The maximum Gasteiger partial charge on any atom is 0.408 e. The molecule has 0 radical (unpaired) electrons. The molecule has 2 heterocycles. The van der Waals surface area contributed by atoms with Crippen molar-refractivity contribution in [3.63, 3.8) is 0 Å². The van der Waals surface area contributed by atoms with Gasteiger partial charge in [-0.1, -0.05) is 78.9 Å². The molecule has 8 nitrogen and oxygen atoms in total. The smallest absolute Gasteiger partial charge is 0.408 e. The minimum atomic E-state index is -1.12. The van der Waals surface area contributed by atoms with Gasteiger partial charge >= 0.3 is 12.1 Å². The Morgan fingerprint density at radius 1 is 0.878 bits per heavy atom. The molecule has 2 aliphatic carbocycles. The Hall–Kier alpha value is -4.17. The summed E-state index contributed by atoms with van der Waals surface area (Å²) in [6.07, 6.45) is -0.133. The summed E-state index contributed by atoms with van der Waals surface area (Å²) >= 11 is 0. The largest absolute Gasteiger partial charge is 0.481 e. The number of carbonyl (C=O) groups excluding carboxylic acids is 2. The molecule has 3 aromatic rings. The van der Waals surface area contributed by atoms with Gasteiger partial charge in [0.2, 0.25) is 5.91 Å². The van der Waals surface area contributed by atoms with E-state index in [1.54, 1.807) is 4.90 Å². The first-order chi connectivity index (χ1) is 19.9. The zero-order valence-corrected chi connectivity index (χ0v) is 22.7. The number of carboxylic acid groups (broad SMARTS) is 1. The minimum absolute atomic E-state index is 0.00443. The summed E-state index contributed by atoms with van der Waals surface area (Å²) in [5, 5.41) is 12.4. The fourth-order valence-corrected chi connectivity index (χ4v) is 7.39. The molecule has 7 rings (SSSR count). The number of piperidine rings is 1. The monoisotopic (exact) mass is 551 g/mol. The summed E-state index contributed by atoms with van der Waals surface area (Å²) in [7, 11) is 0. The maximum atomic E-state index is 14.0. The average Bonchev–Trinajstić information content (AvgIpc) is 3.27. The van der Waals surface area contributed by atoms with E-state index in [1.807, 2.05) is 42.5 Å². The summed E-state index contributed by atoms with van der Waals surface area (Å²) in [5.41, 5.74) is 4.60. The number of amides is 2. The van der Waals surface area contributed by atoms with Gasteiger partial charge in [0.1, 0.15) is 12.1 Å². The molecule has 4 atom stereocenters. The number of nitrogens with zero attached hydrogens (tertiary/aromatic N) is 2. The number of carbonyl (C=O) groups is 3. The number of aliphatic carboxylic acids is 1. The van der Waals surface area contributed by atoms with Crippen LogP contribution >= 0.6 is 0 Å². The molecular formula is C33H33N3O5. The Morgan fingerprint density at radius 2 is 1.49 bits per heavy atom. The van der Waals surface area contributed by atoms with Crippen LogP contribution in [0.4, 0.5) is 4.79 Å². The molecule has 0 aromatic heterocycles. The standard InChI is InChI=1S/C33H33N3O5/c37-30(38)29-26-17-36(18-27(26)29)31(39)33(14-15-35(20-33)16-21-8-2-1-3-9-21)34-32(40)41-19-28-24-12-6-4-10-22(24)23-11-5-7-13-25(23)28/h1-13,26-29H,14-20H2,(H,34,40)(H,37,38)/t26-,27+,29?,33?. The Balaban J connectivity index is 1.07. The number of nitrogens with one attached hydrogen (secondary N) is 1. The van der Waals surface area contributed by atoms with Gasteiger partial charge in [0.25, 0.3) is 0 Å². The molecule has 1 saturated carbocycles. The van der Waals surface area contributed by atoms with Crippen LogP contribution in [0.25, 0.3) is 11.1 Å². The predicted octanol–water partition coefficient (Wildman–Crippen LogP) is 3.96. The Labute approximate surface area is 238 Å². The zero-order chi connectivity index (χ0) is 28.1. The van der Waals surface area contributed by atoms with Crippen LogP contribution in [0.1, 0.15) is 29.0 Å². The number of benzene rings is 3. The summed E-state index contributed by atoms with van der Waals surface area (Å²) in [6.45, 7) is 2.73. The van der Waals surface area contributed by atoms with E-state index in [4.69, 9.17) is 4.74 Å². The van der Waals surface area contributed by atoms with Gasteiger partial charge in [-0.15, -0.1) is 0 Å². The number of hydrogen-bond donors (Lipinski definition) is 2. The molecule has 4 aliphatic rings. The predicted molar refractivity (Wildman–Crippen MR) is 152 cm³/mol. The molecule has 3 fully saturated rings. The molecule has 2 aliphatic heterocycles. The van der Waals surface area contributed by atoms with Gasteiger partial charge in [-0.2, -0.15) is 0 Å². The van der Waals surface area contributed by atoms with Crippen molar-refractivity contribution in [1.82, 2.24) is 15.1 Å². The SMILES string of the molecule is O=C(NC1(C(=O)N2C[C@@H]3C(C(=O)O)[C@@H]3C2)CCN(Cc2ccccc2)C1)OCC1c2ccccc2-c2ccccc21. The van der Waals surface area contributed by atoms with Crippen LogP contribution in [-0.4, -0.2) is 71.2 Å². The number of rotatable bonds is 7. The van der Waals surface area contributed by atoms with Gasteiger partial charge in [0.15, 0.2) is 0 Å². The fourth-order valence-electron chi connectivity index (χ4n) is 7.39. The van der Waals surface area contributed by atoms with E-state index < -0.39 is 17.6 Å². The van der Waals surface area contributed by atoms with Crippen molar-refractivity contribution in [1.29, 1.82) is 0 Å². The molecule has 0 bridgehead atoms. The molecule has 3 aromatic carbocycles. The molecule has 0 spiro atoms. The van der Waals surface area contributed by atoms with E-state index in [0.29, 0.717) is 39.1 Å². The van der Waals surface area contributed by atoms with Gasteiger partial charge < -0.3 is 20.1 Å². The quantitative estimate of drug-likeness (QED) is 0.461. The highest BCUT2D eigenvalue weighted by molar-refractivity contribution is 5.91. The summed E-state index contributed by atoms with van der Waals surface area (Å²) in [5.74, 6) is -1.35. The van der Waals surface area contributed by atoms with E-state index in [9.17, 15) is 19.5 Å². The van der Waals surface area contributed by atoms with Gasteiger partial charge in [-0.3, -0.25) is 14.5 Å². The van der Waals surface area contributed by atoms with Crippen LogP contribution in [0.3, 0.4) is 0 Å². The van der Waals surface area contributed by atoms with Crippen molar-refractivity contribution < 1.29 is 24.2 Å². The zero-order valence-electron chi connectivity index (χ0n) is 22.7. The minimum Gasteiger partial charge on any atom is -0.481 e. The van der Waals surface area contributed by atoms with Crippen molar-refractivity contribution in [2.75, 3.05) is 32.8 Å². The topological polar surface area (TPSA) is 99.2 Å². The molecule has 2 N–H and O–H groups in total. The van der Waals surface area contributed by atoms with Crippen molar-refractivity contribution in [3.05, 3.63) is 95.6 Å². The summed E-state index contributed by atoms with van der Waals surface area (Å²) < 4.78 is 5.85. The second kappa shape index (κ2) is 10.0. The number of likely N-dealkylation sites (tertiary alicyclic amines) is 2. The molecule has 8 heteroatoms. The number of ether oxygens (including phenoxy) is 1. The van der Waals surface area contributed by atoms with Crippen molar-refractivity contribution in [2.24, 2.45) is 17.8 Å². The molecule has 2 saturated heterocycles. The van der Waals surface area contributed by atoms with E-state index >= 15 is 0 Å². The Kier molecular flexibility index (Phi) is 6.31. The van der Waals surface area contributed by atoms with E-state index in [1.165, 1.54) is 0 Å². The first kappa shape index (κ1) is 25.8. The van der Waals surface area contributed by atoms with Gasteiger partial charge in [-0.25, -0.2) is 4.79 Å². The number of alkyl carbamates (subject to hydrolysis) is 1. The first-order valence-corrected chi connectivity index (χ1v) is 14.4. The van der Waals surface area contributed by atoms with Crippen LogP contribution in [0, 0.1) is 17.8 Å². The van der Waals surface area contributed by atoms with Crippen LogP contribution in [0.15, 0.2) is 78.9 Å². The van der Waals surface area contributed by atoms with E-state index in [2.05, 4.69) is 46.6 Å². The lowest BCUT2D eigenvalue weighted by Gasteiger charge is -2.34. The van der Waals surface area contributed by atoms with Crippen LogP contribution < -0.4 is 5.32 Å². The fraction of sp³-hybridized carbons (Fsp3) is 0.364. The van der Waals surface area contributed by atoms with Crippen LogP contribution in [-0.2, 0) is 20.9 Å². The molecule has 210 valence electrons. The normalized spacial score (nSPS) is 26.2. The average molecular weight is 552 g/mol. The third-order valence-electron chi connectivity index (χ3n) is 9.46. The first-order valence-electron chi connectivity index (χ1n) is 14.4. The lowest BCUT2D eigenvalue weighted by atomic mass is 9.96. The Morgan fingerprint density at radius 3 is 2.12 bits per heavy atom. The van der Waals surface area contributed by atoms with Crippen LogP contribution in [0.2, 0.25) is 0 Å². The number of hydrogen-bond acceptors (Lipinski definition) is 5. The summed E-state index contributed by atoms with van der Waals surface area (Å²) in [4.78, 5) is 42.8. The Bertz CT molecular complexity index is 1450. The third kappa shape index (κ3) is 4.56. The lowest BCUT2D eigenvalue weighted by molar-refractivity contribution is -0.142.